The van der Waals surface area contributed by atoms with E-state index < -0.39 is 0 Å². The first-order valence-electron chi connectivity index (χ1n) is 2.72. The van der Waals surface area contributed by atoms with Gasteiger partial charge in [-0.2, -0.15) is 0 Å². The molecule has 1 rings (SSSR count). The van der Waals surface area contributed by atoms with E-state index in [9.17, 15) is 0 Å². The molecule has 0 aromatic heterocycles. The number of rotatable bonds is 2. The molecule has 8 heavy (non-hydrogen) atoms. The lowest BCUT2D eigenvalue weighted by atomic mass is 10.2. The van der Waals surface area contributed by atoms with Gasteiger partial charge in [0.1, 0.15) is 5.60 Å². The van der Waals surface area contributed by atoms with E-state index >= 15 is 0 Å². The molecule has 1 aliphatic heterocycles. The summed E-state index contributed by atoms with van der Waals surface area (Å²) in [5.41, 5.74) is -0.283. The van der Waals surface area contributed by atoms with E-state index in [0.717, 1.165) is 0 Å². The molecule has 0 amide bonds. The molecule has 46 valence electrons. The van der Waals surface area contributed by atoms with Crippen molar-refractivity contribution in [3.8, 4) is 0 Å². The number of allylic oxidation sites excluding steroid dienone is 1. The van der Waals surface area contributed by atoms with Gasteiger partial charge in [-0.25, -0.2) is 0 Å². The molecule has 1 heterocycles. The molecule has 2 nitrogen and oxygen atoms in total. The lowest BCUT2D eigenvalue weighted by Gasteiger charge is -1.96. The van der Waals surface area contributed by atoms with Crippen molar-refractivity contribution in [1.29, 1.82) is 0 Å². The second kappa shape index (κ2) is 1.88. The molecule has 0 bridgehead atoms. The Morgan fingerprint density at radius 1 is 1.88 bits per heavy atom. The van der Waals surface area contributed by atoms with Gasteiger partial charge < -0.3 is 9.84 Å². The second-order valence-electron chi connectivity index (χ2n) is 2.01. The average molecular weight is 114 g/mol. The Balaban J connectivity index is 2.41. The highest BCUT2D eigenvalue weighted by Gasteiger charge is 2.40. The minimum atomic E-state index is -0.283. The molecule has 1 fully saturated rings. The van der Waals surface area contributed by atoms with Crippen molar-refractivity contribution in [3.63, 3.8) is 0 Å². The van der Waals surface area contributed by atoms with Crippen molar-refractivity contribution in [1.82, 2.24) is 0 Å². The standard InChI is InChI=1S/C6H10O2/c1-2-3-6(4-7)5-8-6/h2-3,7H,4-5H2,1H3/b3-2+/t6-/m1/s1. The van der Waals surface area contributed by atoms with Crippen LogP contribution in [0.3, 0.4) is 0 Å². The van der Waals surface area contributed by atoms with Gasteiger partial charge in [0.2, 0.25) is 0 Å². The van der Waals surface area contributed by atoms with Gasteiger partial charge in [0.25, 0.3) is 0 Å². The molecule has 1 N–H and O–H groups in total. The number of ether oxygens (including phenoxy) is 1. The van der Waals surface area contributed by atoms with E-state index in [4.69, 9.17) is 9.84 Å². The van der Waals surface area contributed by atoms with Crippen LogP contribution < -0.4 is 0 Å². The van der Waals surface area contributed by atoms with E-state index in [2.05, 4.69) is 0 Å². The number of aliphatic hydroxyl groups is 1. The lowest BCUT2D eigenvalue weighted by Crippen LogP contribution is -2.11. The summed E-state index contributed by atoms with van der Waals surface area (Å²) in [5, 5.41) is 8.61. The smallest absolute Gasteiger partial charge is 0.133 e. The van der Waals surface area contributed by atoms with Crippen molar-refractivity contribution in [2.75, 3.05) is 13.2 Å². The van der Waals surface area contributed by atoms with Gasteiger partial charge in [-0.05, 0) is 6.92 Å². The Hall–Kier alpha value is -0.340. The van der Waals surface area contributed by atoms with Gasteiger partial charge in [-0.15, -0.1) is 0 Å². The molecule has 0 aliphatic carbocycles. The largest absolute Gasteiger partial charge is 0.393 e. The van der Waals surface area contributed by atoms with Crippen LogP contribution in [0.5, 0.6) is 0 Å². The first-order valence-corrected chi connectivity index (χ1v) is 2.72. The highest BCUT2D eigenvalue weighted by atomic mass is 16.6. The summed E-state index contributed by atoms with van der Waals surface area (Å²) in [6.07, 6.45) is 3.77. The van der Waals surface area contributed by atoms with Crippen LogP contribution in [0.25, 0.3) is 0 Å². The van der Waals surface area contributed by atoms with Crippen LogP contribution in [0.2, 0.25) is 0 Å². The number of hydrogen-bond acceptors (Lipinski definition) is 2. The molecule has 0 aromatic rings. The summed E-state index contributed by atoms with van der Waals surface area (Å²) in [6, 6.07) is 0. The normalized spacial score (nSPS) is 36.2. The van der Waals surface area contributed by atoms with Crippen LogP contribution in [0.1, 0.15) is 6.92 Å². The first kappa shape index (κ1) is 5.79. The monoisotopic (exact) mass is 114 g/mol. The summed E-state index contributed by atoms with van der Waals surface area (Å²) in [7, 11) is 0. The zero-order chi connectivity index (χ0) is 6.04. The number of epoxide rings is 1. The highest BCUT2D eigenvalue weighted by molar-refractivity contribution is 5.09. The SMILES string of the molecule is C/C=C/[C@@]1(CO)CO1. The molecule has 2 heteroatoms. The van der Waals surface area contributed by atoms with Crippen LogP contribution in [-0.2, 0) is 4.74 Å². The van der Waals surface area contributed by atoms with Crippen molar-refractivity contribution >= 4 is 0 Å². The molecule has 0 spiro atoms. The molecular formula is C6H10O2. The van der Waals surface area contributed by atoms with Gasteiger partial charge in [0.05, 0.1) is 13.2 Å². The fourth-order valence-corrected chi connectivity index (χ4v) is 0.637. The van der Waals surface area contributed by atoms with E-state index in [1.54, 1.807) is 0 Å². The Morgan fingerprint density at radius 2 is 2.50 bits per heavy atom. The maximum atomic E-state index is 8.61. The average Bonchev–Trinajstić information content (AvgIpc) is 2.50. The van der Waals surface area contributed by atoms with Crippen LogP contribution >= 0.6 is 0 Å². The van der Waals surface area contributed by atoms with Crippen molar-refractivity contribution in [2.45, 2.75) is 12.5 Å². The maximum Gasteiger partial charge on any atom is 0.133 e. The molecular weight excluding hydrogens is 104 g/mol. The van der Waals surface area contributed by atoms with E-state index in [0.29, 0.717) is 6.61 Å². The molecule has 0 radical (unpaired) electrons. The minimum absolute atomic E-state index is 0.108. The van der Waals surface area contributed by atoms with Gasteiger partial charge in [-0.1, -0.05) is 12.2 Å². The van der Waals surface area contributed by atoms with Gasteiger partial charge in [-0.3, -0.25) is 0 Å². The second-order valence-corrected chi connectivity index (χ2v) is 2.01. The Bertz CT molecular complexity index is 103. The highest BCUT2D eigenvalue weighted by Crippen LogP contribution is 2.27. The fraction of sp³-hybridized carbons (Fsp3) is 0.667. The van der Waals surface area contributed by atoms with Gasteiger partial charge in [0.15, 0.2) is 0 Å². The van der Waals surface area contributed by atoms with Crippen LogP contribution in [0.4, 0.5) is 0 Å². The Kier molecular flexibility index (Phi) is 1.36. The molecule has 0 unspecified atom stereocenters. The molecule has 1 atom stereocenters. The van der Waals surface area contributed by atoms with Crippen LogP contribution in [0.15, 0.2) is 12.2 Å². The molecule has 1 aliphatic rings. The lowest BCUT2D eigenvalue weighted by molar-refractivity contribution is 0.203. The summed E-state index contributed by atoms with van der Waals surface area (Å²) in [5.74, 6) is 0. The number of aliphatic hydroxyl groups excluding tert-OH is 1. The topological polar surface area (TPSA) is 32.8 Å². The van der Waals surface area contributed by atoms with Crippen molar-refractivity contribution in [3.05, 3.63) is 12.2 Å². The predicted octanol–water partition coefficient (Wildman–Crippen LogP) is 0.324. The van der Waals surface area contributed by atoms with Crippen molar-refractivity contribution < 1.29 is 9.84 Å². The Labute approximate surface area is 48.8 Å². The number of hydrogen-bond donors (Lipinski definition) is 1. The fourth-order valence-electron chi connectivity index (χ4n) is 0.637. The van der Waals surface area contributed by atoms with Gasteiger partial charge >= 0.3 is 0 Å². The molecule has 0 aromatic carbocycles. The first-order chi connectivity index (χ1) is 3.83. The third kappa shape index (κ3) is 0.904. The summed E-state index contributed by atoms with van der Waals surface area (Å²) in [6.45, 7) is 2.70. The summed E-state index contributed by atoms with van der Waals surface area (Å²) < 4.78 is 4.95. The Morgan fingerprint density at radius 3 is 2.62 bits per heavy atom. The molecule has 1 saturated heterocycles. The summed E-state index contributed by atoms with van der Waals surface area (Å²) in [4.78, 5) is 0. The van der Waals surface area contributed by atoms with Crippen LogP contribution in [-0.4, -0.2) is 23.9 Å². The minimum Gasteiger partial charge on any atom is -0.393 e. The summed E-state index contributed by atoms with van der Waals surface area (Å²) >= 11 is 0. The maximum absolute atomic E-state index is 8.61. The van der Waals surface area contributed by atoms with E-state index in [-0.39, 0.29) is 12.2 Å². The van der Waals surface area contributed by atoms with Gasteiger partial charge in [0, 0.05) is 0 Å². The third-order valence-corrected chi connectivity index (χ3v) is 1.25. The zero-order valence-corrected chi connectivity index (χ0v) is 4.92. The van der Waals surface area contributed by atoms with E-state index in [1.165, 1.54) is 0 Å². The van der Waals surface area contributed by atoms with E-state index in [1.807, 2.05) is 19.1 Å². The zero-order valence-electron chi connectivity index (χ0n) is 4.92. The molecule has 0 saturated carbocycles. The van der Waals surface area contributed by atoms with Crippen LogP contribution in [0, 0.1) is 0 Å². The predicted molar refractivity (Wildman–Crippen MR) is 30.6 cm³/mol. The van der Waals surface area contributed by atoms with Crippen molar-refractivity contribution in [2.24, 2.45) is 0 Å². The quantitative estimate of drug-likeness (QED) is 0.414. The third-order valence-electron chi connectivity index (χ3n) is 1.25.